The van der Waals surface area contributed by atoms with E-state index in [2.05, 4.69) is 38.3 Å². The third-order valence-corrected chi connectivity index (χ3v) is 6.15. The van der Waals surface area contributed by atoms with Gasteiger partial charge in [0.15, 0.2) is 0 Å². The van der Waals surface area contributed by atoms with Gasteiger partial charge in [-0.05, 0) is 50.1 Å². The zero-order valence-electron chi connectivity index (χ0n) is 18.1. The normalized spacial score (nSPS) is 16.7. The third-order valence-electron chi connectivity index (χ3n) is 6.15. The summed E-state index contributed by atoms with van der Waals surface area (Å²) in [4.78, 5) is 22.9. The van der Waals surface area contributed by atoms with Crippen LogP contribution in [0.2, 0.25) is 0 Å². The second kappa shape index (κ2) is 8.74. The number of rotatable bonds is 6. The van der Waals surface area contributed by atoms with Gasteiger partial charge in [0, 0.05) is 53.3 Å². The van der Waals surface area contributed by atoms with Gasteiger partial charge in [0.2, 0.25) is 0 Å². The van der Waals surface area contributed by atoms with E-state index in [1.807, 2.05) is 6.07 Å². The van der Waals surface area contributed by atoms with Gasteiger partial charge in [-0.3, -0.25) is 9.69 Å². The van der Waals surface area contributed by atoms with E-state index in [9.17, 15) is 13.6 Å². The van der Waals surface area contributed by atoms with Gasteiger partial charge in [0.1, 0.15) is 5.82 Å². The number of carbonyl (C=O) groups excluding carboxylic acids is 1. The Bertz CT molecular complexity index is 1280. The van der Waals surface area contributed by atoms with Crippen LogP contribution in [-0.4, -0.2) is 43.1 Å². The predicted octanol–water partition coefficient (Wildman–Crippen LogP) is 5.06. The maximum atomic E-state index is 12.7. The molecule has 1 fully saturated rings. The van der Waals surface area contributed by atoms with Gasteiger partial charge in [-0.15, -0.1) is 0 Å². The molecule has 170 valence electrons. The highest BCUT2D eigenvalue weighted by Gasteiger charge is 2.20. The quantitative estimate of drug-likeness (QED) is 0.431. The van der Waals surface area contributed by atoms with E-state index in [0.29, 0.717) is 33.2 Å². The minimum Gasteiger partial charge on any atom is -0.357 e. The number of halogens is 2. The van der Waals surface area contributed by atoms with E-state index in [1.54, 1.807) is 30.5 Å². The average Bonchev–Trinajstić information content (AvgIpc) is 3.54. The molecule has 0 spiro atoms. The molecule has 1 saturated heterocycles. The molecule has 1 amide bonds. The first-order valence-electron chi connectivity index (χ1n) is 10.9. The van der Waals surface area contributed by atoms with Crippen molar-refractivity contribution in [2.24, 2.45) is 0 Å². The zero-order chi connectivity index (χ0) is 22.9. The van der Waals surface area contributed by atoms with Crippen LogP contribution in [0.1, 0.15) is 42.4 Å². The first kappa shape index (κ1) is 21.3. The van der Waals surface area contributed by atoms with Crippen LogP contribution < -0.4 is 5.32 Å². The van der Waals surface area contributed by atoms with Crippen molar-refractivity contribution in [3.63, 3.8) is 0 Å². The minimum absolute atomic E-state index is 0.297. The summed E-state index contributed by atoms with van der Waals surface area (Å²) < 4.78 is 26.0. The van der Waals surface area contributed by atoms with Crippen LogP contribution in [0.5, 0.6) is 0 Å². The van der Waals surface area contributed by atoms with Gasteiger partial charge in [-0.1, -0.05) is 12.1 Å². The summed E-state index contributed by atoms with van der Waals surface area (Å²) in [5.41, 5.74) is 3.75. The Labute approximate surface area is 189 Å². The first-order chi connectivity index (χ1) is 16.0. The van der Waals surface area contributed by atoms with Gasteiger partial charge in [0.25, 0.3) is 5.91 Å². The van der Waals surface area contributed by atoms with Crippen molar-refractivity contribution in [2.45, 2.75) is 38.9 Å². The fourth-order valence-corrected chi connectivity index (χ4v) is 4.28. The molecule has 1 aromatic carbocycles. The zero-order valence-corrected chi connectivity index (χ0v) is 18.1. The number of pyridine rings is 1. The van der Waals surface area contributed by atoms with Gasteiger partial charge >= 0.3 is 6.55 Å². The molecule has 7 nitrogen and oxygen atoms in total. The van der Waals surface area contributed by atoms with Gasteiger partial charge in [-0.2, -0.15) is 13.9 Å². The number of anilines is 1. The van der Waals surface area contributed by atoms with Crippen LogP contribution in [0.3, 0.4) is 0 Å². The first-order valence-corrected chi connectivity index (χ1v) is 10.9. The maximum Gasteiger partial charge on any atom is 0.333 e. The molecule has 33 heavy (non-hydrogen) atoms. The molecule has 3 aromatic heterocycles. The number of hydrogen-bond donors (Lipinski definition) is 2. The van der Waals surface area contributed by atoms with E-state index >= 15 is 0 Å². The number of hydrogen-bond acceptors (Lipinski definition) is 4. The largest absolute Gasteiger partial charge is 0.357 e. The van der Waals surface area contributed by atoms with E-state index in [1.165, 1.54) is 25.2 Å². The Hall–Kier alpha value is -3.59. The number of aromatic amines is 1. The monoisotopic (exact) mass is 450 g/mol. The standard InChI is InChI=1S/C24H24F2N6O/c1-15-3-2-8-31(15)14-20-9-18-11-27-22(10-21(18)29-20)30-23(33)17-6-4-16(5-7-17)19-12-28-32(13-19)24(25)26/h4-7,9-13,15,24,29H,2-3,8,14H2,1H3,(H,27,30,33)/t15-/m0/s1. The van der Waals surface area contributed by atoms with Crippen molar-refractivity contribution in [1.29, 1.82) is 0 Å². The molecule has 0 saturated carbocycles. The smallest absolute Gasteiger partial charge is 0.333 e. The number of benzene rings is 1. The molecule has 5 rings (SSSR count). The summed E-state index contributed by atoms with van der Waals surface area (Å²) in [7, 11) is 0. The highest BCUT2D eigenvalue weighted by molar-refractivity contribution is 6.04. The van der Waals surface area contributed by atoms with Crippen molar-refractivity contribution in [3.05, 3.63) is 66.2 Å². The number of alkyl halides is 2. The van der Waals surface area contributed by atoms with Gasteiger partial charge in [-0.25, -0.2) is 9.67 Å². The summed E-state index contributed by atoms with van der Waals surface area (Å²) in [6, 6.07) is 11.2. The molecule has 9 heteroatoms. The van der Waals surface area contributed by atoms with E-state index in [-0.39, 0.29) is 5.91 Å². The number of fused-ring (bicyclic) bond motifs is 1. The number of nitrogens with one attached hydrogen (secondary N) is 2. The van der Waals surface area contributed by atoms with Crippen molar-refractivity contribution >= 4 is 22.6 Å². The van der Waals surface area contributed by atoms with Crippen LogP contribution in [-0.2, 0) is 6.54 Å². The number of nitrogens with zero attached hydrogens (tertiary/aromatic N) is 4. The Morgan fingerprint density at radius 3 is 2.73 bits per heavy atom. The van der Waals surface area contributed by atoms with Crippen LogP contribution >= 0.6 is 0 Å². The topological polar surface area (TPSA) is 78.8 Å². The maximum absolute atomic E-state index is 12.7. The third kappa shape index (κ3) is 4.49. The molecule has 0 radical (unpaired) electrons. The molecule has 4 heterocycles. The highest BCUT2D eigenvalue weighted by atomic mass is 19.3. The van der Waals surface area contributed by atoms with Crippen LogP contribution in [0.15, 0.2) is 55.0 Å². The Kier molecular flexibility index (Phi) is 5.63. The summed E-state index contributed by atoms with van der Waals surface area (Å²) in [6.07, 6.45) is 6.86. The Balaban J connectivity index is 1.27. The van der Waals surface area contributed by atoms with Crippen molar-refractivity contribution in [3.8, 4) is 11.1 Å². The number of amides is 1. The predicted molar refractivity (Wildman–Crippen MR) is 122 cm³/mol. The van der Waals surface area contributed by atoms with Crippen LogP contribution in [0, 0.1) is 0 Å². The van der Waals surface area contributed by atoms with Crippen molar-refractivity contribution < 1.29 is 13.6 Å². The SMILES string of the molecule is C[C@H]1CCCN1Cc1cc2cnc(NC(=O)c3ccc(-c4cnn(C(F)F)c4)cc3)cc2[nH]1. The number of likely N-dealkylation sites (tertiary alicyclic amines) is 1. The highest BCUT2D eigenvalue weighted by Crippen LogP contribution is 2.24. The Morgan fingerprint density at radius 2 is 2.03 bits per heavy atom. The van der Waals surface area contributed by atoms with E-state index < -0.39 is 6.55 Å². The molecule has 1 aliphatic heterocycles. The lowest BCUT2D eigenvalue weighted by Crippen LogP contribution is -2.26. The molecular weight excluding hydrogens is 426 g/mol. The summed E-state index contributed by atoms with van der Waals surface area (Å²) >= 11 is 0. The lowest BCUT2D eigenvalue weighted by atomic mass is 10.1. The van der Waals surface area contributed by atoms with Crippen LogP contribution in [0.25, 0.3) is 22.0 Å². The van der Waals surface area contributed by atoms with Crippen molar-refractivity contribution in [2.75, 3.05) is 11.9 Å². The molecule has 0 unspecified atom stereocenters. The van der Waals surface area contributed by atoms with Gasteiger partial charge in [0.05, 0.1) is 11.7 Å². The molecule has 4 aromatic rings. The van der Waals surface area contributed by atoms with Gasteiger partial charge < -0.3 is 10.3 Å². The fourth-order valence-electron chi connectivity index (χ4n) is 4.28. The molecule has 0 bridgehead atoms. The van der Waals surface area contributed by atoms with E-state index in [4.69, 9.17) is 0 Å². The molecule has 2 N–H and O–H groups in total. The second-order valence-corrected chi connectivity index (χ2v) is 8.43. The van der Waals surface area contributed by atoms with E-state index in [0.717, 1.165) is 29.7 Å². The summed E-state index contributed by atoms with van der Waals surface area (Å²) in [5, 5.41) is 7.46. The summed E-state index contributed by atoms with van der Waals surface area (Å²) in [6.45, 7) is 1.56. The Morgan fingerprint density at radius 1 is 1.21 bits per heavy atom. The lowest BCUT2D eigenvalue weighted by molar-refractivity contribution is 0.0566. The lowest BCUT2D eigenvalue weighted by Gasteiger charge is -2.19. The minimum atomic E-state index is -2.69. The molecular formula is C24H24F2N6O. The molecule has 1 atom stereocenters. The number of aromatic nitrogens is 4. The molecule has 1 aliphatic rings. The number of carbonyl (C=O) groups is 1. The average molecular weight is 450 g/mol. The second-order valence-electron chi connectivity index (χ2n) is 8.43. The number of H-pyrrole nitrogens is 1. The molecule has 0 aliphatic carbocycles. The fraction of sp³-hybridized carbons (Fsp3) is 0.292. The van der Waals surface area contributed by atoms with Crippen molar-refractivity contribution in [1.82, 2.24) is 24.6 Å². The summed E-state index contributed by atoms with van der Waals surface area (Å²) in [5.74, 6) is 0.159. The van der Waals surface area contributed by atoms with Crippen LogP contribution in [0.4, 0.5) is 14.6 Å².